The van der Waals surface area contributed by atoms with Crippen LogP contribution in [-0.4, -0.2) is 9.78 Å². The molecule has 0 saturated carbocycles. The minimum absolute atomic E-state index is 0.209. The van der Waals surface area contributed by atoms with Gasteiger partial charge in [-0.2, -0.15) is 5.10 Å². The quantitative estimate of drug-likeness (QED) is 0.892. The fraction of sp³-hybridized carbons (Fsp3) is 0.438. The van der Waals surface area contributed by atoms with Gasteiger partial charge in [-0.15, -0.1) is 0 Å². The van der Waals surface area contributed by atoms with Crippen LogP contribution in [0.15, 0.2) is 24.3 Å². The first-order valence-electron chi connectivity index (χ1n) is 7.14. The van der Waals surface area contributed by atoms with Crippen molar-refractivity contribution in [1.82, 2.24) is 9.78 Å². The molecule has 0 radical (unpaired) electrons. The number of anilines is 1. The van der Waals surface area contributed by atoms with Gasteiger partial charge in [-0.3, -0.25) is 0 Å². The van der Waals surface area contributed by atoms with E-state index in [4.69, 9.17) is 10.5 Å². The van der Waals surface area contributed by atoms with E-state index in [0.717, 1.165) is 24.3 Å². The Morgan fingerprint density at radius 2 is 1.90 bits per heavy atom. The molecule has 0 spiro atoms. The zero-order valence-electron chi connectivity index (χ0n) is 12.7. The van der Waals surface area contributed by atoms with E-state index >= 15 is 0 Å². The number of aryl methyl sites for hydroxylation is 2. The molecule has 4 heteroatoms. The highest BCUT2D eigenvalue weighted by Gasteiger charge is 2.16. The Kier molecular flexibility index (Phi) is 4.32. The Morgan fingerprint density at radius 3 is 2.45 bits per heavy atom. The molecule has 0 aliphatic heterocycles. The lowest BCUT2D eigenvalue weighted by Crippen LogP contribution is -2.05. The van der Waals surface area contributed by atoms with Crippen molar-refractivity contribution in [2.24, 2.45) is 0 Å². The number of nitrogens with zero attached hydrogens (tertiary/aromatic N) is 2. The number of aromatic nitrogens is 2. The summed E-state index contributed by atoms with van der Waals surface area (Å²) in [5.41, 5.74) is 8.79. The zero-order chi connectivity index (χ0) is 14.7. The normalized spacial score (nSPS) is 11.1. The summed E-state index contributed by atoms with van der Waals surface area (Å²) >= 11 is 0. The Labute approximate surface area is 120 Å². The van der Waals surface area contributed by atoms with E-state index in [2.05, 4.69) is 38.0 Å². The second-order valence-electron chi connectivity index (χ2n) is 5.34. The summed E-state index contributed by atoms with van der Waals surface area (Å²) in [5.74, 6) is 1.42. The highest BCUT2D eigenvalue weighted by Crippen LogP contribution is 2.32. The largest absolute Gasteiger partial charge is 0.437 e. The topological polar surface area (TPSA) is 53.1 Å². The number of hydrogen-bond donors (Lipinski definition) is 1. The van der Waals surface area contributed by atoms with E-state index in [1.54, 1.807) is 0 Å². The number of benzene rings is 1. The maximum atomic E-state index is 6.06. The molecular weight excluding hydrogens is 250 g/mol. The molecule has 4 nitrogen and oxygen atoms in total. The fourth-order valence-corrected chi connectivity index (χ4v) is 2.12. The van der Waals surface area contributed by atoms with Gasteiger partial charge in [0.25, 0.3) is 0 Å². The Balaban J connectivity index is 2.25. The molecule has 2 rings (SSSR count). The van der Waals surface area contributed by atoms with E-state index in [-0.39, 0.29) is 6.04 Å². The van der Waals surface area contributed by atoms with Crippen LogP contribution in [0.5, 0.6) is 11.6 Å². The van der Waals surface area contributed by atoms with Crippen LogP contribution < -0.4 is 10.5 Å². The monoisotopic (exact) mass is 273 g/mol. The van der Waals surface area contributed by atoms with Gasteiger partial charge in [-0.25, -0.2) is 4.68 Å². The van der Waals surface area contributed by atoms with Crippen LogP contribution in [0.1, 0.15) is 44.5 Å². The zero-order valence-corrected chi connectivity index (χ0v) is 12.7. The highest BCUT2D eigenvalue weighted by atomic mass is 16.5. The number of rotatable bonds is 5. The molecule has 20 heavy (non-hydrogen) atoms. The molecule has 0 bridgehead atoms. The lowest BCUT2D eigenvalue weighted by atomic mass is 10.1. The molecule has 0 atom stereocenters. The van der Waals surface area contributed by atoms with Crippen LogP contribution in [0.2, 0.25) is 0 Å². The molecule has 2 N–H and O–H groups in total. The first kappa shape index (κ1) is 14.4. The third-order valence-electron chi connectivity index (χ3n) is 3.25. The van der Waals surface area contributed by atoms with Crippen LogP contribution in [-0.2, 0) is 6.42 Å². The van der Waals surface area contributed by atoms with Crippen molar-refractivity contribution in [3.05, 3.63) is 35.5 Å². The summed E-state index contributed by atoms with van der Waals surface area (Å²) in [5, 5.41) is 4.42. The lowest BCUT2D eigenvalue weighted by Gasteiger charge is -2.12. The Hall–Kier alpha value is -1.97. The van der Waals surface area contributed by atoms with Crippen molar-refractivity contribution < 1.29 is 4.74 Å². The number of nitrogens with two attached hydrogens (primary N) is 1. The average Bonchev–Trinajstić information content (AvgIpc) is 2.70. The van der Waals surface area contributed by atoms with Crippen molar-refractivity contribution in [3.63, 3.8) is 0 Å². The molecule has 0 fully saturated rings. The average molecular weight is 273 g/mol. The maximum Gasteiger partial charge on any atom is 0.241 e. The van der Waals surface area contributed by atoms with Gasteiger partial charge in [0.2, 0.25) is 5.88 Å². The molecule has 0 amide bonds. The predicted octanol–water partition coefficient (Wildman–Crippen LogP) is 4.10. The molecule has 0 saturated heterocycles. The molecule has 108 valence electrons. The van der Waals surface area contributed by atoms with Gasteiger partial charge in [0.05, 0.1) is 11.7 Å². The summed E-state index contributed by atoms with van der Waals surface area (Å²) in [6.45, 7) is 8.19. The van der Waals surface area contributed by atoms with Gasteiger partial charge in [0, 0.05) is 0 Å². The molecule has 0 aliphatic carbocycles. The van der Waals surface area contributed by atoms with Crippen molar-refractivity contribution in [1.29, 1.82) is 0 Å². The van der Waals surface area contributed by atoms with Crippen LogP contribution in [0.4, 0.5) is 5.69 Å². The van der Waals surface area contributed by atoms with E-state index < -0.39 is 0 Å². The molecule has 1 aromatic carbocycles. The van der Waals surface area contributed by atoms with Gasteiger partial charge in [-0.1, -0.05) is 25.5 Å². The van der Waals surface area contributed by atoms with Crippen LogP contribution in [0.25, 0.3) is 0 Å². The molecule has 2 aromatic rings. The first-order chi connectivity index (χ1) is 9.52. The molecule has 0 aliphatic rings. The summed E-state index contributed by atoms with van der Waals surface area (Å²) in [4.78, 5) is 0. The Bertz CT molecular complexity index is 570. The predicted molar refractivity (Wildman–Crippen MR) is 82.3 cm³/mol. The maximum absolute atomic E-state index is 6.06. The minimum Gasteiger partial charge on any atom is -0.437 e. The molecule has 1 aromatic heterocycles. The van der Waals surface area contributed by atoms with Crippen molar-refractivity contribution in [2.45, 2.75) is 46.6 Å². The van der Waals surface area contributed by atoms with E-state index in [0.29, 0.717) is 11.6 Å². The van der Waals surface area contributed by atoms with Crippen LogP contribution in [0.3, 0.4) is 0 Å². The Morgan fingerprint density at radius 1 is 1.25 bits per heavy atom. The standard InChI is InChI=1S/C16H23N3O/c1-5-6-13-7-9-14(10-8-13)20-16-15(17)12(4)18-19(16)11(2)3/h7-11H,5-6,17H2,1-4H3. The SMILES string of the molecule is CCCc1ccc(Oc2c(N)c(C)nn2C(C)C)cc1. The number of hydrogen-bond acceptors (Lipinski definition) is 3. The van der Waals surface area contributed by atoms with Gasteiger partial charge in [0.1, 0.15) is 11.4 Å². The van der Waals surface area contributed by atoms with Crippen molar-refractivity contribution in [2.75, 3.05) is 5.73 Å². The molecular formula is C16H23N3O. The van der Waals surface area contributed by atoms with Gasteiger partial charge >= 0.3 is 0 Å². The van der Waals surface area contributed by atoms with Crippen molar-refractivity contribution in [3.8, 4) is 11.6 Å². The van der Waals surface area contributed by atoms with Gasteiger partial charge in [0.15, 0.2) is 0 Å². The summed E-state index contributed by atoms with van der Waals surface area (Å²) < 4.78 is 7.76. The number of ether oxygens (including phenoxy) is 1. The number of nitrogen functional groups attached to an aromatic ring is 1. The molecule has 0 unspecified atom stereocenters. The van der Waals surface area contributed by atoms with E-state index in [9.17, 15) is 0 Å². The second kappa shape index (κ2) is 5.99. The van der Waals surface area contributed by atoms with Gasteiger partial charge < -0.3 is 10.5 Å². The third-order valence-corrected chi connectivity index (χ3v) is 3.25. The summed E-state index contributed by atoms with van der Waals surface area (Å²) in [7, 11) is 0. The smallest absolute Gasteiger partial charge is 0.241 e. The van der Waals surface area contributed by atoms with Crippen LogP contribution >= 0.6 is 0 Å². The molecule has 1 heterocycles. The first-order valence-corrected chi connectivity index (χ1v) is 7.14. The van der Waals surface area contributed by atoms with E-state index in [1.165, 1.54) is 5.56 Å². The summed E-state index contributed by atoms with van der Waals surface area (Å²) in [6, 6.07) is 8.37. The second-order valence-corrected chi connectivity index (χ2v) is 5.34. The van der Waals surface area contributed by atoms with Crippen molar-refractivity contribution >= 4 is 5.69 Å². The summed E-state index contributed by atoms with van der Waals surface area (Å²) in [6.07, 6.45) is 2.23. The minimum atomic E-state index is 0.209. The highest BCUT2D eigenvalue weighted by molar-refractivity contribution is 5.54. The van der Waals surface area contributed by atoms with Gasteiger partial charge in [-0.05, 0) is 44.9 Å². The van der Waals surface area contributed by atoms with E-state index in [1.807, 2.05) is 23.7 Å². The lowest BCUT2D eigenvalue weighted by molar-refractivity contribution is 0.389. The fourth-order valence-electron chi connectivity index (χ4n) is 2.12. The van der Waals surface area contributed by atoms with Crippen LogP contribution in [0, 0.1) is 6.92 Å². The third kappa shape index (κ3) is 2.95.